The van der Waals surface area contributed by atoms with Crippen molar-refractivity contribution in [3.05, 3.63) is 82.2 Å². The van der Waals surface area contributed by atoms with E-state index in [2.05, 4.69) is 32.7 Å². The molecule has 2 heterocycles. The van der Waals surface area contributed by atoms with Gasteiger partial charge in [0.25, 0.3) is 17.7 Å². The van der Waals surface area contributed by atoms with E-state index in [1.807, 2.05) is 24.3 Å². The van der Waals surface area contributed by atoms with Gasteiger partial charge in [0, 0.05) is 16.6 Å². The van der Waals surface area contributed by atoms with Crippen LogP contribution in [0.4, 0.5) is 0 Å². The Morgan fingerprint density at radius 3 is 2.57 bits per heavy atom. The quantitative estimate of drug-likeness (QED) is 0.309. The number of rotatable bonds is 6. The number of fused-ring (bicyclic) bond motifs is 1. The van der Waals surface area contributed by atoms with Gasteiger partial charge in [0.1, 0.15) is 0 Å². The molecule has 0 atom stereocenters. The summed E-state index contributed by atoms with van der Waals surface area (Å²) in [6, 6.07) is 11.5. The van der Waals surface area contributed by atoms with Gasteiger partial charge in [-0.05, 0) is 42.5 Å². The molecule has 1 aliphatic heterocycles. The van der Waals surface area contributed by atoms with Gasteiger partial charge >= 0.3 is 5.97 Å². The number of imide groups is 1. The van der Waals surface area contributed by atoms with Crippen LogP contribution in [0.15, 0.2) is 64.0 Å². The lowest BCUT2D eigenvalue weighted by atomic mass is 10.1. The van der Waals surface area contributed by atoms with Crippen molar-refractivity contribution in [1.29, 1.82) is 0 Å². The molecule has 0 fully saturated rings. The molecule has 0 unspecified atom stereocenters. The lowest BCUT2D eigenvalue weighted by Gasteiger charge is -2.09. The Kier molecular flexibility index (Phi) is 5.28. The number of benzene rings is 2. The number of halogens is 1. The van der Waals surface area contributed by atoms with Crippen LogP contribution in [0.1, 0.15) is 37.0 Å². The molecule has 0 saturated carbocycles. The summed E-state index contributed by atoms with van der Waals surface area (Å²) in [4.78, 5) is 38.1. The number of hydrogen-bond acceptors (Lipinski definition) is 7. The second-order valence-corrected chi connectivity index (χ2v) is 7.27. The predicted molar refractivity (Wildman–Crippen MR) is 109 cm³/mol. The van der Waals surface area contributed by atoms with Gasteiger partial charge in [-0.3, -0.25) is 14.5 Å². The Bertz CT molecular complexity index is 1170. The zero-order valence-corrected chi connectivity index (χ0v) is 17.1. The lowest BCUT2D eigenvalue weighted by molar-refractivity contribution is 0.0438. The third kappa shape index (κ3) is 3.67. The number of amides is 2. The number of carbonyl (C=O) groups excluding carboxylic acids is 3. The zero-order chi connectivity index (χ0) is 21.3. The molecule has 0 aliphatic carbocycles. The molecule has 9 heteroatoms. The Hall–Kier alpha value is -3.59. The summed E-state index contributed by atoms with van der Waals surface area (Å²) in [6.07, 6.45) is 1.46. The maximum atomic E-state index is 12.4. The highest BCUT2D eigenvalue weighted by atomic mass is 79.9. The van der Waals surface area contributed by atoms with E-state index in [9.17, 15) is 14.4 Å². The van der Waals surface area contributed by atoms with Crippen LogP contribution in [-0.2, 0) is 11.3 Å². The van der Waals surface area contributed by atoms with Crippen LogP contribution in [-0.4, -0.2) is 39.4 Å². The van der Waals surface area contributed by atoms with Gasteiger partial charge in [0.05, 0.1) is 16.7 Å². The third-order valence-electron chi connectivity index (χ3n) is 4.40. The minimum Gasteiger partial charge on any atom is -0.452 e. The lowest BCUT2D eigenvalue weighted by Crippen LogP contribution is -2.29. The van der Waals surface area contributed by atoms with E-state index in [4.69, 9.17) is 9.15 Å². The SMILES string of the molecule is C=CCN1C(=O)c2ccc(C(=O)OCc3nnc(-c4ccc(Br)cc4)o3)cc2C1=O. The summed E-state index contributed by atoms with van der Waals surface area (Å²) >= 11 is 3.35. The van der Waals surface area contributed by atoms with Crippen LogP contribution in [0.25, 0.3) is 11.5 Å². The van der Waals surface area contributed by atoms with Crippen molar-refractivity contribution in [2.75, 3.05) is 6.54 Å². The summed E-state index contributed by atoms with van der Waals surface area (Å²) in [7, 11) is 0. The Morgan fingerprint density at radius 1 is 1.10 bits per heavy atom. The van der Waals surface area contributed by atoms with E-state index >= 15 is 0 Å². The van der Waals surface area contributed by atoms with Crippen LogP contribution in [0, 0.1) is 0 Å². The van der Waals surface area contributed by atoms with Crippen molar-refractivity contribution in [3.63, 3.8) is 0 Å². The van der Waals surface area contributed by atoms with Crippen molar-refractivity contribution in [1.82, 2.24) is 15.1 Å². The molecule has 2 amide bonds. The monoisotopic (exact) mass is 467 g/mol. The third-order valence-corrected chi connectivity index (χ3v) is 4.93. The molecule has 1 aromatic heterocycles. The average molecular weight is 468 g/mol. The molecule has 0 N–H and O–H groups in total. The van der Waals surface area contributed by atoms with Crippen molar-refractivity contribution < 1.29 is 23.5 Å². The molecule has 3 aromatic rings. The van der Waals surface area contributed by atoms with Crippen molar-refractivity contribution >= 4 is 33.7 Å². The second-order valence-electron chi connectivity index (χ2n) is 6.35. The van der Waals surface area contributed by atoms with Gasteiger partial charge in [-0.1, -0.05) is 22.0 Å². The molecule has 150 valence electrons. The molecule has 1 aliphatic rings. The topological polar surface area (TPSA) is 103 Å². The van der Waals surface area contributed by atoms with Crippen LogP contribution < -0.4 is 0 Å². The van der Waals surface area contributed by atoms with E-state index < -0.39 is 17.8 Å². The number of hydrogen-bond donors (Lipinski definition) is 0. The largest absolute Gasteiger partial charge is 0.452 e. The summed E-state index contributed by atoms with van der Waals surface area (Å²) in [5, 5.41) is 7.81. The van der Waals surface area contributed by atoms with Gasteiger partial charge in [-0.15, -0.1) is 16.8 Å². The van der Waals surface area contributed by atoms with Crippen molar-refractivity contribution in [3.8, 4) is 11.5 Å². The molecule has 8 nitrogen and oxygen atoms in total. The highest BCUT2D eigenvalue weighted by molar-refractivity contribution is 9.10. The first-order valence-corrected chi connectivity index (χ1v) is 9.64. The molecule has 0 bridgehead atoms. The predicted octanol–water partition coefficient (Wildman–Crippen LogP) is 3.64. The standard InChI is InChI=1S/C21H14BrN3O5/c1-2-9-25-19(26)15-8-5-13(10-16(15)20(25)27)21(28)29-11-17-23-24-18(30-17)12-3-6-14(22)7-4-12/h2-8,10H,1,9,11H2. The molecule has 0 radical (unpaired) electrons. The Labute approximate surface area is 179 Å². The molecule has 4 rings (SSSR count). The maximum Gasteiger partial charge on any atom is 0.338 e. The van der Waals surface area contributed by atoms with Crippen molar-refractivity contribution in [2.24, 2.45) is 0 Å². The molecule has 2 aromatic carbocycles. The summed E-state index contributed by atoms with van der Waals surface area (Å²) in [5.41, 5.74) is 1.28. The smallest absolute Gasteiger partial charge is 0.338 e. The number of ether oxygens (including phenoxy) is 1. The van der Waals surface area contributed by atoms with Crippen LogP contribution in [0.3, 0.4) is 0 Å². The Balaban J connectivity index is 1.45. The van der Waals surface area contributed by atoms with E-state index in [0.717, 1.165) is 14.9 Å². The van der Waals surface area contributed by atoms with E-state index in [1.54, 1.807) is 0 Å². The number of esters is 1. The Morgan fingerprint density at radius 2 is 1.83 bits per heavy atom. The first-order valence-electron chi connectivity index (χ1n) is 8.84. The molecule has 30 heavy (non-hydrogen) atoms. The number of carbonyl (C=O) groups is 3. The number of aromatic nitrogens is 2. The first kappa shape index (κ1) is 19.7. The van der Waals surface area contributed by atoms with E-state index in [1.165, 1.54) is 24.3 Å². The zero-order valence-electron chi connectivity index (χ0n) is 15.5. The van der Waals surface area contributed by atoms with Gasteiger partial charge in [0.15, 0.2) is 6.61 Å². The minimum atomic E-state index is -0.677. The van der Waals surface area contributed by atoms with E-state index in [0.29, 0.717) is 5.89 Å². The summed E-state index contributed by atoms with van der Waals surface area (Å²) in [5.74, 6) is -1.13. The van der Waals surface area contributed by atoms with Crippen molar-refractivity contribution in [2.45, 2.75) is 6.61 Å². The molecule has 0 saturated heterocycles. The normalized spacial score (nSPS) is 12.8. The molecular weight excluding hydrogens is 454 g/mol. The molecule has 0 spiro atoms. The molecular formula is C21H14BrN3O5. The highest BCUT2D eigenvalue weighted by Crippen LogP contribution is 2.25. The minimum absolute atomic E-state index is 0.101. The fraction of sp³-hybridized carbons (Fsp3) is 0.0952. The summed E-state index contributed by atoms with van der Waals surface area (Å²) < 4.78 is 11.6. The fourth-order valence-corrected chi connectivity index (χ4v) is 3.21. The fourth-order valence-electron chi connectivity index (χ4n) is 2.94. The van der Waals surface area contributed by atoms with Gasteiger partial charge < -0.3 is 9.15 Å². The number of nitrogens with zero attached hydrogens (tertiary/aromatic N) is 3. The summed E-state index contributed by atoms with van der Waals surface area (Å²) in [6.45, 7) is 3.41. The first-order chi connectivity index (χ1) is 14.5. The van der Waals surface area contributed by atoms with Gasteiger partial charge in [-0.25, -0.2) is 4.79 Å². The van der Waals surface area contributed by atoms with Gasteiger partial charge in [0.2, 0.25) is 5.89 Å². The second kappa shape index (κ2) is 8.03. The van der Waals surface area contributed by atoms with Crippen LogP contribution >= 0.6 is 15.9 Å². The average Bonchev–Trinajstić information content (AvgIpc) is 3.32. The van der Waals surface area contributed by atoms with Crippen LogP contribution in [0.5, 0.6) is 0 Å². The van der Waals surface area contributed by atoms with Gasteiger partial charge in [-0.2, -0.15) is 0 Å². The van der Waals surface area contributed by atoms with Crippen LogP contribution in [0.2, 0.25) is 0 Å². The highest BCUT2D eigenvalue weighted by Gasteiger charge is 2.35. The maximum absolute atomic E-state index is 12.4. The van der Waals surface area contributed by atoms with E-state index in [-0.39, 0.29) is 35.7 Å².